The van der Waals surface area contributed by atoms with E-state index in [0.29, 0.717) is 5.92 Å². The Hall–Kier alpha value is -3.12. The normalized spacial score (nSPS) is 11.9. The van der Waals surface area contributed by atoms with Gasteiger partial charge in [0.2, 0.25) is 0 Å². The molecule has 0 unspecified atom stereocenters. The summed E-state index contributed by atoms with van der Waals surface area (Å²) in [6.07, 6.45) is 4.93. The second kappa shape index (κ2) is 5.71. The highest BCUT2D eigenvalue weighted by Crippen LogP contribution is 2.54. The summed E-state index contributed by atoms with van der Waals surface area (Å²) in [5.74, 6) is 0.299. The summed E-state index contributed by atoms with van der Waals surface area (Å²) in [6, 6.07) is 24.4. The molecule has 0 amide bonds. The zero-order valence-corrected chi connectivity index (χ0v) is 14.7. The summed E-state index contributed by atoms with van der Waals surface area (Å²) in [5, 5.41) is 5.36. The fourth-order valence-corrected chi connectivity index (χ4v) is 4.34. The van der Waals surface area contributed by atoms with Crippen LogP contribution in [0, 0.1) is 5.92 Å². The zero-order valence-electron chi connectivity index (χ0n) is 14.7. The van der Waals surface area contributed by atoms with Crippen molar-refractivity contribution in [1.82, 2.24) is 0 Å². The van der Waals surface area contributed by atoms with E-state index in [9.17, 15) is 0 Å². The van der Waals surface area contributed by atoms with E-state index in [0.717, 1.165) is 6.42 Å². The molecule has 0 N–H and O–H groups in total. The van der Waals surface area contributed by atoms with Crippen LogP contribution in [0.2, 0.25) is 0 Å². The second-order valence-corrected chi connectivity index (χ2v) is 7.05. The first kappa shape index (κ1) is 15.2. The van der Waals surface area contributed by atoms with Crippen LogP contribution in [0.4, 0.5) is 0 Å². The minimum Gasteiger partial charge on any atom is -0.102 e. The first-order valence-corrected chi connectivity index (χ1v) is 9.14. The number of fused-ring (bicyclic) bond motifs is 8. The number of allylic oxidation sites excluding steroid dienone is 2. The summed E-state index contributed by atoms with van der Waals surface area (Å²) in [5.41, 5.74) is 6.95. The van der Waals surface area contributed by atoms with Gasteiger partial charge in [-0.25, -0.2) is 0 Å². The lowest BCUT2D eigenvalue weighted by molar-refractivity contribution is 0.815. The molecular formula is C26H20. The maximum atomic E-state index is 3.96. The van der Waals surface area contributed by atoms with Crippen molar-refractivity contribution in [1.29, 1.82) is 0 Å². The number of hydrogen-bond acceptors (Lipinski definition) is 0. The summed E-state index contributed by atoms with van der Waals surface area (Å²) in [4.78, 5) is 0. The molecule has 124 valence electrons. The molecule has 26 heavy (non-hydrogen) atoms. The molecule has 0 saturated heterocycles. The van der Waals surface area contributed by atoms with Crippen LogP contribution in [0.15, 0.2) is 92.0 Å². The third kappa shape index (κ3) is 2.02. The van der Waals surface area contributed by atoms with Gasteiger partial charge in [-0.3, -0.25) is 0 Å². The van der Waals surface area contributed by atoms with E-state index >= 15 is 0 Å². The van der Waals surface area contributed by atoms with E-state index in [1.807, 2.05) is 12.2 Å². The summed E-state index contributed by atoms with van der Waals surface area (Å²) < 4.78 is 0. The van der Waals surface area contributed by atoms with Crippen LogP contribution in [0.5, 0.6) is 0 Å². The van der Waals surface area contributed by atoms with Gasteiger partial charge >= 0.3 is 0 Å². The van der Waals surface area contributed by atoms with Crippen molar-refractivity contribution in [2.45, 2.75) is 6.42 Å². The van der Waals surface area contributed by atoms with Crippen LogP contribution in [-0.2, 0) is 6.42 Å². The second-order valence-electron chi connectivity index (χ2n) is 7.05. The summed E-state index contributed by atoms with van der Waals surface area (Å²) in [7, 11) is 0. The Bertz CT molecular complexity index is 1190. The summed E-state index contributed by atoms with van der Waals surface area (Å²) in [6.45, 7) is 7.92. The largest absolute Gasteiger partial charge is 0.102 e. The molecule has 0 aromatic heterocycles. The minimum atomic E-state index is 0.299. The van der Waals surface area contributed by atoms with Gasteiger partial charge in [0.15, 0.2) is 0 Å². The molecule has 0 heterocycles. The Morgan fingerprint density at radius 1 is 0.692 bits per heavy atom. The Kier molecular flexibility index (Phi) is 3.33. The maximum absolute atomic E-state index is 3.96. The van der Waals surface area contributed by atoms with Gasteiger partial charge in [0.1, 0.15) is 0 Å². The number of rotatable bonds is 4. The number of hydrogen-bond donors (Lipinski definition) is 0. The molecule has 0 bridgehead atoms. The van der Waals surface area contributed by atoms with Crippen LogP contribution in [0.1, 0.15) is 5.56 Å². The van der Waals surface area contributed by atoms with Gasteiger partial charge in [0.05, 0.1) is 0 Å². The van der Waals surface area contributed by atoms with E-state index < -0.39 is 0 Å². The van der Waals surface area contributed by atoms with Gasteiger partial charge < -0.3 is 0 Å². The molecule has 0 atom stereocenters. The molecule has 1 aliphatic carbocycles. The predicted molar refractivity (Wildman–Crippen MR) is 113 cm³/mol. The highest BCUT2D eigenvalue weighted by molar-refractivity contribution is 6.21. The van der Waals surface area contributed by atoms with Crippen molar-refractivity contribution in [2.75, 3.05) is 0 Å². The lowest BCUT2D eigenvalue weighted by atomic mass is 9.74. The third-order valence-electron chi connectivity index (χ3n) is 5.66. The van der Waals surface area contributed by atoms with Crippen molar-refractivity contribution >= 4 is 21.5 Å². The fraction of sp³-hybridized carbons (Fsp3) is 0.0769. The Balaban J connectivity index is 1.78. The van der Waals surface area contributed by atoms with E-state index in [-0.39, 0.29) is 0 Å². The van der Waals surface area contributed by atoms with Crippen molar-refractivity contribution in [3.63, 3.8) is 0 Å². The molecule has 4 aromatic carbocycles. The van der Waals surface area contributed by atoms with Crippen LogP contribution in [0.25, 0.3) is 43.8 Å². The minimum absolute atomic E-state index is 0.299. The number of benzene rings is 4. The maximum Gasteiger partial charge on any atom is -0.00171 e. The SMILES string of the molecule is C=CC(C=C)Cc1cccc2ccc3c(c12)-c1ccc2ccccc2c1-3. The van der Waals surface area contributed by atoms with Gasteiger partial charge in [-0.15, -0.1) is 13.2 Å². The van der Waals surface area contributed by atoms with Crippen molar-refractivity contribution in [3.05, 3.63) is 97.6 Å². The lowest BCUT2D eigenvalue weighted by Gasteiger charge is -2.29. The van der Waals surface area contributed by atoms with Crippen LogP contribution in [-0.4, -0.2) is 0 Å². The first-order chi connectivity index (χ1) is 12.8. The zero-order chi connectivity index (χ0) is 17.7. The predicted octanol–water partition coefficient (Wildman–Crippen LogP) is 7.17. The monoisotopic (exact) mass is 332 g/mol. The van der Waals surface area contributed by atoms with Crippen molar-refractivity contribution in [2.24, 2.45) is 5.92 Å². The summed E-state index contributed by atoms with van der Waals surface area (Å²) >= 11 is 0. The topological polar surface area (TPSA) is 0 Å². The highest BCUT2D eigenvalue weighted by Gasteiger charge is 2.27. The lowest BCUT2D eigenvalue weighted by Crippen LogP contribution is -2.04. The molecule has 5 rings (SSSR count). The van der Waals surface area contributed by atoms with Gasteiger partial charge in [-0.2, -0.15) is 0 Å². The quantitative estimate of drug-likeness (QED) is 0.306. The molecule has 0 fully saturated rings. The molecule has 0 spiro atoms. The van der Waals surface area contributed by atoms with E-state index in [1.54, 1.807) is 0 Å². The molecule has 0 nitrogen and oxygen atoms in total. The molecule has 0 saturated carbocycles. The van der Waals surface area contributed by atoms with Crippen LogP contribution < -0.4 is 0 Å². The standard InChI is InChI=1S/C26H20/c1-3-17(4-2)16-20-10-7-9-19-13-15-23-25-21-11-6-5-8-18(21)12-14-22(25)26(23)24(19)20/h3-15,17H,1-2,16H2. The fourth-order valence-electron chi connectivity index (χ4n) is 4.34. The third-order valence-corrected chi connectivity index (χ3v) is 5.66. The van der Waals surface area contributed by atoms with Gasteiger partial charge in [-0.05, 0) is 61.7 Å². The van der Waals surface area contributed by atoms with Crippen LogP contribution in [0.3, 0.4) is 0 Å². The molecule has 0 heteroatoms. The Labute approximate surface area is 154 Å². The highest BCUT2D eigenvalue weighted by atomic mass is 14.3. The molecule has 0 aliphatic heterocycles. The van der Waals surface area contributed by atoms with E-state index in [2.05, 4.69) is 79.9 Å². The van der Waals surface area contributed by atoms with Gasteiger partial charge in [0, 0.05) is 0 Å². The average Bonchev–Trinajstić information content (AvgIpc) is 2.68. The molecule has 1 aliphatic rings. The van der Waals surface area contributed by atoms with Crippen LogP contribution >= 0.6 is 0 Å². The molecule has 4 aromatic rings. The van der Waals surface area contributed by atoms with Gasteiger partial charge in [0.25, 0.3) is 0 Å². The van der Waals surface area contributed by atoms with Crippen molar-refractivity contribution in [3.8, 4) is 22.3 Å². The van der Waals surface area contributed by atoms with E-state index in [1.165, 1.54) is 49.4 Å². The van der Waals surface area contributed by atoms with Crippen molar-refractivity contribution < 1.29 is 0 Å². The Morgan fingerprint density at radius 2 is 1.38 bits per heavy atom. The Morgan fingerprint density at radius 3 is 2.19 bits per heavy atom. The molecule has 0 radical (unpaired) electrons. The van der Waals surface area contributed by atoms with E-state index in [4.69, 9.17) is 0 Å². The van der Waals surface area contributed by atoms with Gasteiger partial charge in [-0.1, -0.05) is 78.9 Å². The first-order valence-electron chi connectivity index (χ1n) is 9.14. The average molecular weight is 332 g/mol. The smallest absolute Gasteiger partial charge is 0.00171 e. The molecular weight excluding hydrogens is 312 g/mol.